The lowest BCUT2D eigenvalue weighted by Gasteiger charge is -2.32. The van der Waals surface area contributed by atoms with Crippen molar-refractivity contribution < 1.29 is 9.53 Å². The first-order chi connectivity index (χ1) is 19.1. The molecule has 0 aliphatic carbocycles. The molecule has 0 saturated carbocycles. The number of aromatic nitrogens is 3. The minimum absolute atomic E-state index is 0.0728. The Hall–Kier alpha value is -4.04. The summed E-state index contributed by atoms with van der Waals surface area (Å²) in [5.41, 5.74) is 3.70. The van der Waals surface area contributed by atoms with Crippen LogP contribution >= 0.6 is 11.8 Å². The molecule has 198 valence electrons. The van der Waals surface area contributed by atoms with E-state index in [1.165, 1.54) is 17.3 Å². The number of carbonyl (C=O) groups excluding carboxylic acids is 1. The van der Waals surface area contributed by atoms with Gasteiger partial charge in [0.15, 0.2) is 5.16 Å². The third-order valence-corrected chi connectivity index (χ3v) is 8.39. The SMILES string of the molecule is COc1cccc(-n2c(SCC(=O)N3CCC(Cc4ccccc4)CC3)nc3c([nH]c4ccccc43)c2=O)c1. The molecule has 0 spiro atoms. The van der Waals surface area contributed by atoms with E-state index in [9.17, 15) is 9.59 Å². The van der Waals surface area contributed by atoms with Crippen LogP contribution in [0.5, 0.6) is 5.75 Å². The number of methoxy groups -OCH3 is 1. The molecule has 0 bridgehead atoms. The molecule has 1 fully saturated rings. The predicted octanol–water partition coefficient (Wildman–Crippen LogP) is 5.45. The molecular weight excluding hydrogens is 508 g/mol. The molecule has 1 aliphatic heterocycles. The second-order valence-corrected chi connectivity index (χ2v) is 10.9. The van der Waals surface area contributed by atoms with Gasteiger partial charge in [0.25, 0.3) is 5.56 Å². The van der Waals surface area contributed by atoms with Crippen LogP contribution < -0.4 is 10.3 Å². The highest BCUT2D eigenvalue weighted by atomic mass is 32.2. The zero-order valence-corrected chi connectivity index (χ0v) is 22.6. The van der Waals surface area contributed by atoms with Crippen molar-refractivity contribution in [1.82, 2.24) is 19.4 Å². The number of ether oxygens (including phenoxy) is 1. The number of hydrogen-bond acceptors (Lipinski definition) is 5. The van der Waals surface area contributed by atoms with E-state index >= 15 is 0 Å². The number of hydrogen-bond donors (Lipinski definition) is 1. The summed E-state index contributed by atoms with van der Waals surface area (Å²) in [6.07, 6.45) is 3.05. The average Bonchev–Trinajstić information content (AvgIpc) is 3.36. The topological polar surface area (TPSA) is 80.2 Å². The van der Waals surface area contributed by atoms with Gasteiger partial charge in [-0.1, -0.05) is 66.4 Å². The highest BCUT2D eigenvalue weighted by Gasteiger charge is 2.24. The summed E-state index contributed by atoms with van der Waals surface area (Å²) >= 11 is 1.31. The molecule has 7 nitrogen and oxygen atoms in total. The zero-order chi connectivity index (χ0) is 26.8. The quantitative estimate of drug-likeness (QED) is 0.220. The van der Waals surface area contributed by atoms with Gasteiger partial charge in [-0.25, -0.2) is 4.98 Å². The fourth-order valence-corrected chi connectivity index (χ4v) is 6.28. The number of thioether (sulfide) groups is 1. The minimum Gasteiger partial charge on any atom is -0.497 e. The maximum atomic E-state index is 13.8. The number of H-pyrrole nitrogens is 1. The summed E-state index contributed by atoms with van der Waals surface area (Å²) in [4.78, 5) is 37.2. The van der Waals surface area contributed by atoms with Crippen molar-refractivity contribution in [2.75, 3.05) is 26.0 Å². The van der Waals surface area contributed by atoms with E-state index in [1.807, 2.05) is 53.4 Å². The van der Waals surface area contributed by atoms with E-state index in [-0.39, 0.29) is 17.2 Å². The van der Waals surface area contributed by atoms with E-state index < -0.39 is 0 Å². The molecule has 8 heteroatoms. The minimum atomic E-state index is -0.207. The van der Waals surface area contributed by atoms with Crippen LogP contribution in [0.4, 0.5) is 0 Å². The number of nitrogens with zero attached hydrogens (tertiary/aromatic N) is 3. The molecule has 2 aromatic heterocycles. The molecule has 1 amide bonds. The van der Waals surface area contributed by atoms with E-state index in [0.717, 1.165) is 43.3 Å². The smallest absolute Gasteiger partial charge is 0.283 e. The van der Waals surface area contributed by atoms with E-state index in [0.29, 0.717) is 33.5 Å². The molecule has 39 heavy (non-hydrogen) atoms. The van der Waals surface area contributed by atoms with Crippen LogP contribution in [-0.2, 0) is 11.2 Å². The lowest BCUT2D eigenvalue weighted by Crippen LogP contribution is -2.40. The van der Waals surface area contributed by atoms with Crippen LogP contribution in [0.2, 0.25) is 0 Å². The van der Waals surface area contributed by atoms with Crippen molar-refractivity contribution in [1.29, 1.82) is 0 Å². The second-order valence-electron chi connectivity index (χ2n) is 9.93. The lowest BCUT2D eigenvalue weighted by atomic mass is 9.90. The second kappa shape index (κ2) is 11.0. The molecular formula is C31H30N4O3S. The van der Waals surface area contributed by atoms with Crippen molar-refractivity contribution in [2.24, 2.45) is 5.92 Å². The Kier molecular flexibility index (Phi) is 7.11. The van der Waals surface area contributed by atoms with Crippen molar-refractivity contribution in [3.8, 4) is 11.4 Å². The zero-order valence-electron chi connectivity index (χ0n) is 21.8. The van der Waals surface area contributed by atoms with E-state index in [2.05, 4.69) is 29.2 Å². The molecule has 1 N–H and O–H groups in total. The number of likely N-dealkylation sites (tertiary alicyclic amines) is 1. The van der Waals surface area contributed by atoms with Crippen LogP contribution in [0.25, 0.3) is 27.6 Å². The summed E-state index contributed by atoms with van der Waals surface area (Å²) in [7, 11) is 1.60. The van der Waals surface area contributed by atoms with Crippen LogP contribution in [0.1, 0.15) is 18.4 Å². The fourth-order valence-electron chi connectivity index (χ4n) is 5.37. The monoisotopic (exact) mass is 538 g/mol. The van der Waals surface area contributed by atoms with Gasteiger partial charge < -0.3 is 14.6 Å². The van der Waals surface area contributed by atoms with Gasteiger partial charge in [0, 0.05) is 30.1 Å². The molecule has 0 atom stereocenters. The van der Waals surface area contributed by atoms with Crippen molar-refractivity contribution in [2.45, 2.75) is 24.4 Å². The maximum Gasteiger partial charge on any atom is 0.283 e. The number of amides is 1. The van der Waals surface area contributed by atoms with Gasteiger partial charge in [0.05, 0.1) is 18.6 Å². The Morgan fingerprint density at radius 3 is 2.59 bits per heavy atom. The largest absolute Gasteiger partial charge is 0.497 e. The average molecular weight is 539 g/mol. The van der Waals surface area contributed by atoms with Gasteiger partial charge in [-0.05, 0) is 48.9 Å². The van der Waals surface area contributed by atoms with Gasteiger partial charge in [-0.2, -0.15) is 0 Å². The lowest BCUT2D eigenvalue weighted by molar-refractivity contribution is -0.129. The number of fused-ring (bicyclic) bond motifs is 3. The highest BCUT2D eigenvalue weighted by molar-refractivity contribution is 7.99. The first-order valence-corrected chi connectivity index (χ1v) is 14.2. The fraction of sp³-hybridized carbons (Fsp3) is 0.258. The molecule has 0 unspecified atom stereocenters. The van der Waals surface area contributed by atoms with Crippen LogP contribution in [-0.4, -0.2) is 51.3 Å². The Bertz CT molecular complexity index is 1690. The van der Waals surface area contributed by atoms with E-state index in [1.54, 1.807) is 17.7 Å². The summed E-state index contributed by atoms with van der Waals surface area (Å²) in [6.45, 7) is 1.52. The molecule has 3 heterocycles. The molecule has 5 aromatic rings. The Morgan fingerprint density at radius 2 is 1.79 bits per heavy atom. The van der Waals surface area contributed by atoms with Crippen LogP contribution in [0.3, 0.4) is 0 Å². The summed E-state index contributed by atoms with van der Waals surface area (Å²) in [6, 6.07) is 25.6. The normalized spacial score (nSPS) is 14.2. The summed E-state index contributed by atoms with van der Waals surface area (Å²) < 4.78 is 6.98. The third-order valence-electron chi connectivity index (χ3n) is 7.47. The molecule has 1 aliphatic rings. The molecule has 1 saturated heterocycles. The first kappa shape index (κ1) is 25.2. The number of benzene rings is 3. The summed E-state index contributed by atoms with van der Waals surface area (Å²) in [5, 5.41) is 1.37. The highest BCUT2D eigenvalue weighted by Crippen LogP contribution is 2.28. The molecule has 3 aromatic carbocycles. The number of carbonyl (C=O) groups is 1. The van der Waals surface area contributed by atoms with Crippen molar-refractivity contribution in [3.05, 3.63) is 94.8 Å². The van der Waals surface area contributed by atoms with Gasteiger partial charge in [0.2, 0.25) is 5.91 Å². The third kappa shape index (κ3) is 5.16. The maximum absolute atomic E-state index is 13.8. The van der Waals surface area contributed by atoms with E-state index in [4.69, 9.17) is 9.72 Å². The van der Waals surface area contributed by atoms with Gasteiger partial charge in [-0.3, -0.25) is 14.2 Å². The molecule has 6 rings (SSSR count). The first-order valence-electron chi connectivity index (χ1n) is 13.2. The van der Waals surface area contributed by atoms with Gasteiger partial charge >= 0.3 is 0 Å². The van der Waals surface area contributed by atoms with Gasteiger partial charge in [-0.15, -0.1) is 0 Å². The Balaban J connectivity index is 1.25. The van der Waals surface area contributed by atoms with Crippen LogP contribution in [0, 0.1) is 5.92 Å². The summed E-state index contributed by atoms with van der Waals surface area (Å²) in [5.74, 6) is 1.52. The van der Waals surface area contributed by atoms with Crippen molar-refractivity contribution in [3.63, 3.8) is 0 Å². The number of para-hydroxylation sites is 1. The number of piperidine rings is 1. The predicted molar refractivity (Wildman–Crippen MR) is 156 cm³/mol. The number of rotatable bonds is 7. The Morgan fingerprint density at radius 1 is 1.03 bits per heavy atom. The van der Waals surface area contributed by atoms with Crippen LogP contribution in [0.15, 0.2) is 88.8 Å². The number of nitrogens with one attached hydrogen (secondary N) is 1. The standard InChI is InChI=1S/C31H30N4O3S/c1-38-24-11-7-10-23(19-24)35-30(37)29-28(25-12-5-6-13-26(25)32-29)33-31(35)39-20-27(36)34-16-14-22(15-17-34)18-21-8-3-2-4-9-21/h2-13,19,22,32H,14-18,20H2,1H3. The van der Waals surface area contributed by atoms with Gasteiger partial charge in [0.1, 0.15) is 16.8 Å². The number of aromatic amines is 1. The van der Waals surface area contributed by atoms with Crippen molar-refractivity contribution >= 4 is 39.6 Å². The molecule has 0 radical (unpaired) electrons. The Labute approximate surface area is 230 Å².